The molecular weight excluding hydrogens is 306 g/mol. The third-order valence-corrected chi connectivity index (χ3v) is 3.93. The summed E-state index contributed by atoms with van der Waals surface area (Å²) in [4.78, 5) is 21.3. The molecule has 1 aliphatic rings. The number of hydrogen-bond acceptors (Lipinski definition) is 6. The number of pyridine rings is 1. The number of carbonyl (C=O) groups is 1. The second-order valence-corrected chi connectivity index (χ2v) is 5.57. The van der Waals surface area contributed by atoms with Gasteiger partial charge in [0.15, 0.2) is 17.2 Å². The number of carbonyl (C=O) groups excluding carboxylic acids is 1. The Bertz CT molecular complexity index is 918. The van der Waals surface area contributed by atoms with Crippen LogP contribution in [0.4, 0.5) is 17.3 Å². The molecule has 0 radical (unpaired) electrons. The van der Waals surface area contributed by atoms with Crippen molar-refractivity contribution in [2.45, 2.75) is 12.8 Å². The predicted octanol–water partition coefficient (Wildman–Crippen LogP) is 1.59. The lowest BCUT2D eigenvalue weighted by atomic mass is 10.2. The van der Waals surface area contributed by atoms with Gasteiger partial charge in [-0.2, -0.15) is 0 Å². The van der Waals surface area contributed by atoms with Crippen LogP contribution in [-0.2, 0) is 6.42 Å². The van der Waals surface area contributed by atoms with E-state index in [9.17, 15) is 4.79 Å². The molecule has 0 unspecified atom stereocenters. The normalized spacial score (nSPS) is 14.3. The fraction of sp³-hybridized carbons (Fsp3) is 0.250. The van der Waals surface area contributed by atoms with Gasteiger partial charge in [-0.1, -0.05) is 6.07 Å². The van der Waals surface area contributed by atoms with Crippen molar-refractivity contribution in [2.75, 3.05) is 24.2 Å². The van der Waals surface area contributed by atoms with Crippen LogP contribution in [0.3, 0.4) is 0 Å². The van der Waals surface area contributed by atoms with Crippen molar-refractivity contribution in [3.63, 3.8) is 0 Å². The highest BCUT2D eigenvalue weighted by Crippen LogP contribution is 2.22. The molecule has 0 fully saturated rings. The number of nitrogens with zero attached hydrogens (tertiary/aromatic N) is 4. The number of anilines is 3. The summed E-state index contributed by atoms with van der Waals surface area (Å²) < 4.78 is 1.55. The lowest BCUT2D eigenvalue weighted by Crippen LogP contribution is -2.26. The van der Waals surface area contributed by atoms with Crippen molar-refractivity contribution < 1.29 is 4.79 Å². The standard InChI is InChI=1S/C16H17N7O/c1-17-11-8-14-21-13-6-2-4-10(20-13)5-3-7-18-16(24)12-9-19-15(11)23(12)22-14/h2,4,6,8-9,17H,3,5,7H2,1H3,(H,18,24)(H,20,21,22). The maximum absolute atomic E-state index is 12.4. The minimum absolute atomic E-state index is 0.187. The largest absolute Gasteiger partial charge is 0.385 e. The lowest BCUT2D eigenvalue weighted by Gasteiger charge is -2.10. The number of rotatable bonds is 1. The lowest BCUT2D eigenvalue weighted by molar-refractivity contribution is 0.0946. The molecule has 0 saturated heterocycles. The first-order valence-electron chi connectivity index (χ1n) is 7.82. The quantitative estimate of drug-likeness (QED) is 0.629. The van der Waals surface area contributed by atoms with Crippen LogP contribution in [0.25, 0.3) is 5.65 Å². The molecule has 0 spiro atoms. The van der Waals surface area contributed by atoms with Gasteiger partial charge in [0.2, 0.25) is 0 Å². The van der Waals surface area contributed by atoms with E-state index >= 15 is 0 Å². The summed E-state index contributed by atoms with van der Waals surface area (Å²) in [7, 11) is 1.81. The molecule has 3 aromatic rings. The van der Waals surface area contributed by atoms with E-state index in [4.69, 9.17) is 0 Å². The monoisotopic (exact) mass is 323 g/mol. The molecule has 1 amide bonds. The molecule has 0 atom stereocenters. The second-order valence-electron chi connectivity index (χ2n) is 5.57. The molecule has 4 rings (SSSR count). The zero-order chi connectivity index (χ0) is 16.5. The van der Waals surface area contributed by atoms with Crippen LogP contribution >= 0.6 is 0 Å². The van der Waals surface area contributed by atoms with E-state index < -0.39 is 0 Å². The van der Waals surface area contributed by atoms with E-state index in [1.54, 1.807) is 17.8 Å². The van der Waals surface area contributed by atoms with Crippen LogP contribution in [0.1, 0.15) is 22.6 Å². The van der Waals surface area contributed by atoms with E-state index in [1.807, 2.05) is 24.3 Å². The summed E-state index contributed by atoms with van der Waals surface area (Å²) in [5, 5.41) is 13.7. The van der Waals surface area contributed by atoms with Crippen molar-refractivity contribution >= 4 is 28.9 Å². The Hall–Kier alpha value is -3.16. The van der Waals surface area contributed by atoms with Crippen LogP contribution in [0.5, 0.6) is 0 Å². The Balaban J connectivity index is 1.88. The number of aromatic nitrogens is 4. The van der Waals surface area contributed by atoms with E-state index in [0.29, 0.717) is 23.7 Å². The van der Waals surface area contributed by atoms with E-state index in [2.05, 4.69) is 31.0 Å². The van der Waals surface area contributed by atoms with Crippen LogP contribution in [0.2, 0.25) is 0 Å². The number of imidazole rings is 1. The van der Waals surface area contributed by atoms with Gasteiger partial charge in [-0.05, 0) is 25.0 Å². The van der Waals surface area contributed by atoms with Crippen molar-refractivity contribution in [3.05, 3.63) is 41.9 Å². The summed E-state index contributed by atoms with van der Waals surface area (Å²) in [6.45, 7) is 0.573. The summed E-state index contributed by atoms with van der Waals surface area (Å²) in [5.74, 6) is 1.12. The van der Waals surface area contributed by atoms with E-state index in [1.165, 1.54) is 0 Å². The number of aryl methyl sites for hydroxylation is 1. The molecular formula is C16H17N7O. The van der Waals surface area contributed by atoms with Gasteiger partial charge in [0.05, 0.1) is 11.9 Å². The fourth-order valence-electron chi connectivity index (χ4n) is 2.75. The Morgan fingerprint density at radius 3 is 3.08 bits per heavy atom. The van der Waals surface area contributed by atoms with Gasteiger partial charge in [0.1, 0.15) is 5.82 Å². The Morgan fingerprint density at radius 1 is 1.29 bits per heavy atom. The highest BCUT2D eigenvalue weighted by molar-refractivity contribution is 5.94. The molecule has 0 aromatic carbocycles. The molecule has 4 heterocycles. The van der Waals surface area contributed by atoms with Crippen molar-refractivity contribution in [2.24, 2.45) is 0 Å². The minimum Gasteiger partial charge on any atom is -0.385 e. The number of fused-ring (bicyclic) bond motifs is 3. The summed E-state index contributed by atoms with van der Waals surface area (Å²) in [6.07, 6.45) is 3.15. The summed E-state index contributed by atoms with van der Waals surface area (Å²) in [5.41, 5.74) is 2.76. The molecule has 122 valence electrons. The minimum atomic E-state index is -0.187. The average molecular weight is 323 g/mol. The van der Waals surface area contributed by atoms with Gasteiger partial charge < -0.3 is 16.0 Å². The highest BCUT2D eigenvalue weighted by Gasteiger charge is 2.17. The first kappa shape index (κ1) is 14.4. The van der Waals surface area contributed by atoms with Gasteiger partial charge in [0, 0.05) is 25.4 Å². The summed E-state index contributed by atoms with van der Waals surface area (Å²) in [6, 6.07) is 7.68. The molecule has 24 heavy (non-hydrogen) atoms. The van der Waals surface area contributed by atoms with Crippen molar-refractivity contribution in [3.8, 4) is 0 Å². The van der Waals surface area contributed by atoms with E-state index in [0.717, 1.165) is 30.0 Å². The highest BCUT2D eigenvalue weighted by atomic mass is 16.2. The maximum Gasteiger partial charge on any atom is 0.271 e. The fourth-order valence-corrected chi connectivity index (χ4v) is 2.75. The average Bonchev–Trinajstić information content (AvgIpc) is 3.01. The van der Waals surface area contributed by atoms with E-state index in [-0.39, 0.29) is 5.91 Å². The zero-order valence-corrected chi connectivity index (χ0v) is 13.2. The van der Waals surface area contributed by atoms with Crippen LogP contribution in [0.15, 0.2) is 30.5 Å². The third-order valence-electron chi connectivity index (χ3n) is 3.93. The first-order valence-corrected chi connectivity index (χ1v) is 7.82. The Kier molecular flexibility index (Phi) is 3.49. The molecule has 3 N–H and O–H groups in total. The van der Waals surface area contributed by atoms with Gasteiger partial charge in [-0.25, -0.2) is 14.5 Å². The van der Waals surface area contributed by atoms with Crippen molar-refractivity contribution in [1.29, 1.82) is 0 Å². The van der Waals surface area contributed by atoms with Crippen LogP contribution in [0, 0.1) is 0 Å². The number of amides is 1. The maximum atomic E-state index is 12.4. The van der Waals surface area contributed by atoms with Crippen LogP contribution < -0.4 is 16.0 Å². The molecule has 1 aliphatic heterocycles. The topological polar surface area (TPSA) is 96.2 Å². The second kappa shape index (κ2) is 5.80. The van der Waals surface area contributed by atoms with Gasteiger partial charge >= 0.3 is 0 Å². The van der Waals surface area contributed by atoms with Gasteiger partial charge in [0.25, 0.3) is 5.91 Å². The van der Waals surface area contributed by atoms with Gasteiger partial charge in [-0.3, -0.25) is 4.79 Å². The van der Waals surface area contributed by atoms with Crippen LogP contribution in [-0.4, -0.2) is 39.1 Å². The molecule has 3 aromatic heterocycles. The SMILES string of the molecule is CNc1cc2nn3c(cnc13)C(=O)NCCCc1cccc(n1)N2. The summed E-state index contributed by atoms with van der Waals surface area (Å²) >= 11 is 0. The molecule has 0 aliphatic carbocycles. The number of nitrogens with one attached hydrogen (secondary N) is 3. The van der Waals surface area contributed by atoms with Crippen molar-refractivity contribution in [1.82, 2.24) is 24.9 Å². The molecule has 8 nitrogen and oxygen atoms in total. The molecule has 0 saturated carbocycles. The molecule has 8 heteroatoms. The zero-order valence-electron chi connectivity index (χ0n) is 13.2. The predicted molar refractivity (Wildman–Crippen MR) is 90.7 cm³/mol. The number of hydrogen-bond donors (Lipinski definition) is 3. The Labute approximate surface area is 138 Å². The Morgan fingerprint density at radius 2 is 2.21 bits per heavy atom. The first-order chi connectivity index (χ1) is 11.7. The van der Waals surface area contributed by atoms with Gasteiger partial charge in [-0.15, -0.1) is 5.10 Å². The third kappa shape index (κ3) is 2.51. The molecule has 4 bridgehead atoms. The smallest absolute Gasteiger partial charge is 0.271 e.